The molecule has 0 spiro atoms. The molecule has 1 saturated heterocycles. The lowest BCUT2D eigenvalue weighted by Crippen LogP contribution is -2.51. The number of nitrogens with zero attached hydrogens (tertiary/aromatic N) is 2. The Morgan fingerprint density at radius 1 is 1.23 bits per heavy atom. The highest BCUT2D eigenvalue weighted by molar-refractivity contribution is 7.89. The second kappa shape index (κ2) is 8.88. The lowest BCUT2D eigenvalue weighted by molar-refractivity contribution is -0.123. The first-order chi connectivity index (χ1) is 12.2. The summed E-state index contributed by atoms with van der Waals surface area (Å²) in [6.07, 6.45) is 1.88. The highest BCUT2D eigenvalue weighted by Crippen LogP contribution is 2.21. The van der Waals surface area contributed by atoms with Gasteiger partial charge in [0.15, 0.2) is 0 Å². The van der Waals surface area contributed by atoms with Crippen LogP contribution in [0.1, 0.15) is 26.7 Å². The molecule has 26 heavy (non-hydrogen) atoms. The molecule has 146 valence electrons. The van der Waals surface area contributed by atoms with Crippen molar-refractivity contribution in [1.29, 1.82) is 0 Å². The van der Waals surface area contributed by atoms with Crippen LogP contribution in [-0.2, 0) is 14.8 Å². The van der Waals surface area contributed by atoms with E-state index in [1.54, 1.807) is 0 Å². The van der Waals surface area contributed by atoms with Crippen LogP contribution in [0, 0.1) is 11.6 Å². The van der Waals surface area contributed by atoms with Crippen LogP contribution in [0.4, 0.5) is 8.78 Å². The molecule has 1 aliphatic rings. The van der Waals surface area contributed by atoms with Crippen LogP contribution in [-0.4, -0.2) is 62.3 Å². The van der Waals surface area contributed by atoms with E-state index in [9.17, 15) is 22.0 Å². The summed E-state index contributed by atoms with van der Waals surface area (Å²) in [5.74, 6) is -1.88. The Hall–Kier alpha value is -1.58. The Balaban J connectivity index is 1.93. The number of hydrogen-bond acceptors (Lipinski definition) is 4. The Bertz CT molecular complexity index is 735. The first kappa shape index (κ1) is 20.7. The Morgan fingerprint density at radius 2 is 1.88 bits per heavy atom. The number of benzene rings is 1. The smallest absolute Gasteiger partial charge is 0.246 e. The van der Waals surface area contributed by atoms with Crippen molar-refractivity contribution in [1.82, 2.24) is 14.5 Å². The normalized spacial score (nSPS) is 17.8. The average molecular weight is 389 g/mol. The molecule has 0 bridgehead atoms. The van der Waals surface area contributed by atoms with Gasteiger partial charge in [-0.3, -0.25) is 9.69 Å². The second-order valence-electron chi connectivity index (χ2n) is 6.51. The van der Waals surface area contributed by atoms with Gasteiger partial charge in [0.1, 0.15) is 16.5 Å². The second-order valence-corrected chi connectivity index (χ2v) is 8.42. The molecule has 0 unspecified atom stereocenters. The van der Waals surface area contributed by atoms with Gasteiger partial charge in [0.25, 0.3) is 0 Å². The number of sulfonamides is 1. The summed E-state index contributed by atoms with van der Waals surface area (Å²) in [6.45, 7) is 5.13. The summed E-state index contributed by atoms with van der Waals surface area (Å²) < 4.78 is 53.3. The highest BCUT2D eigenvalue weighted by Gasteiger charge is 2.31. The largest absolute Gasteiger partial charge is 0.353 e. The number of amides is 1. The van der Waals surface area contributed by atoms with Crippen LogP contribution in [0.2, 0.25) is 0 Å². The molecule has 1 fully saturated rings. The van der Waals surface area contributed by atoms with Crippen LogP contribution in [0.5, 0.6) is 0 Å². The first-order valence-electron chi connectivity index (χ1n) is 8.71. The number of hydrogen-bond donors (Lipinski definition) is 1. The Labute approximate surface area is 153 Å². The van der Waals surface area contributed by atoms with Crippen LogP contribution < -0.4 is 5.32 Å². The molecular weight excluding hydrogens is 364 g/mol. The zero-order chi connectivity index (χ0) is 19.3. The van der Waals surface area contributed by atoms with Crippen LogP contribution in [0.25, 0.3) is 0 Å². The van der Waals surface area contributed by atoms with Gasteiger partial charge in [-0.05, 0) is 31.5 Å². The van der Waals surface area contributed by atoms with Crippen molar-refractivity contribution in [3.63, 3.8) is 0 Å². The summed E-state index contributed by atoms with van der Waals surface area (Å²) in [5, 5.41) is 2.91. The van der Waals surface area contributed by atoms with E-state index in [1.165, 1.54) is 0 Å². The summed E-state index contributed by atoms with van der Waals surface area (Å²) in [5.41, 5.74) is 0. The minimum Gasteiger partial charge on any atom is -0.353 e. The molecule has 1 aromatic rings. The molecule has 1 aliphatic heterocycles. The maximum absolute atomic E-state index is 13.8. The fraction of sp³-hybridized carbons (Fsp3) is 0.588. The fourth-order valence-electron chi connectivity index (χ4n) is 2.97. The predicted octanol–water partition coefficient (Wildman–Crippen LogP) is 1.58. The van der Waals surface area contributed by atoms with E-state index in [0.29, 0.717) is 19.2 Å². The quantitative estimate of drug-likeness (QED) is 0.769. The first-order valence-corrected chi connectivity index (χ1v) is 10.1. The molecule has 1 atom stereocenters. The van der Waals surface area contributed by atoms with Gasteiger partial charge < -0.3 is 5.32 Å². The summed E-state index contributed by atoms with van der Waals surface area (Å²) >= 11 is 0. The number of carbonyl (C=O) groups excluding carboxylic acids is 1. The van der Waals surface area contributed by atoms with Gasteiger partial charge in [0.2, 0.25) is 15.9 Å². The SMILES string of the molecule is CCC[C@H](C)NC(=O)CN1CCN(S(=O)(=O)c2cc(F)ccc2F)CC1. The standard InChI is InChI=1S/C17H25F2N3O3S/c1-3-4-13(2)20-17(23)12-21-7-9-22(10-8-21)26(24,25)16-11-14(18)5-6-15(16)19/h5-6,11,13H,3-4,7-10,12H2,1-2H3,(H,20,23)/t13-/m0/s1. The van der Waals surface area contributed by atoms with Crippen molar-refractivity contribution < 1.29 is 22.0 Å². The van der Waals surface area contributed by atoms with Gasteiger partial charge in [-0.15, -0.1) is 0 Å². The monoisotopic (exact) mass is 389 g/mol. The zero-order valence-electron chi connectivity index (χ0n) is 15.0. The van der Waals surface area contributed by atoms with Gasteiger partial charge in [-0.2, -0.15) is 4.31 Å². The Kier molecular flexibility index (Phi) is 7.08. The molecule has 6 nitrogen and oxygen atoms in total. The number of rotatable bonds is 7. The minimum absolute atomic E-state index is 0.0987. The van der Waals surface area contributed by atoms with Gasteiger partial charge in [-0.1, -0.05) is 13.3 Å². The van der Waals surface area contributed by atoms with Crippen molar-refractivity contribution >= 4 is 15.9 Å². The van der Waals surface area contributed by atoms with Crippen LogP contribution >= 0.6 is 0 Å². The average Bonchev–Trinajstić information content (AvgIpc) is 2.57. The third-order valence-corrected chi connectivity index (χ3v) is 6.25. The third-order valence-electron chi connectivity index (χ3n) is 4.34. The van der Waals surface area contributed by atoms with E-state index in [1.807, 2.05) is 18.7 Å². The van der Waals surface area contributed by atoms with Gasteiger partial charge in [0, 0.05) is 32.2 Å². The maximum atomic E-state index is 13.8. The van der Waals surface area contributed by atoms with Gasteiger partial charge in [0.05, 0.1) is 6.54 Å². The van der Waals surface area contributed by atoms with E-state index < -0.39 is 26.6 Å². The maximum Gasteiger partial charge on any atom is 0.246 e. The summed E-state index contributed by atoms with van der Waals surface area (Å²) in [7, 11) is -4.10. The van der Waals surface area contributed by atoms with Crippen molar-refractivity contribution in [2.45, 2.75) is 37.6 Å². The highest BCUT2D eigenvalue weighted by atomic mass is 32.2. The molecule has 1 amide bonds. The molecule has 0 aromatic heterocycles. The van der Waals surface area contributed by atoms with Crippen molar-refractivity contribution in [3.05, 3.63) is 29.8 Å². The number of carbonyl (C=O) groups is 1. The number of nitrogens with one attached hydrogen (secondary N) is 1. The molecule has 0 radical (unpaired) electrons. The fourth-order valence-corrected chi connectivity index (χ4v) is 4.47. The predicted molar refractivity (Wildman–Crippen MR) is 94.1 cm³/mol. The van der Waals surface area contributed by atoms with E-state index >= 15 is 0 Å². The molecular formula is C17H25F2N3O3S. The molecule has 2 rings (SSSR count). The van der Waals surface area contributed by atoms with Crippen LogP contribution in [0.3, 0.4) is 0 Å². The molecule has 9 heteroatoms. The summed E-state index contributed by atoms with van der Waals surface area (Å²) in [4.78, 5) is 13.2. The minimum atomic E-state index is -4.10. The molecule has 1 aromatic carbocycles. The Morgan fingerprint density at radius 3 is 2.50 bits per heavy atom. The molecule has 1 N–H and O–H groups in total. The summed E-state index contributed by atoms with van der Waals surface area (Å²) in [6, 6.07) is 2.48. The molecule has 0 aliphatic carbocycles. The number of halogens is 2. The third kappa shape index (κ3) is 5.21. The van der Waals surface area contributed by atoms with E-state index in [0.717, 1.165) is 29.3 Å². The lowest BCUT2D eigenvalue weighted by atomic mass is 10.2. The van der Waals surface area contributed by atoms with Crippen LogP contribution in [0.15, 0.2) is 23.1 Å². The van der Waals surface area contributed by atoms with Crippen molar-refractivity contribution in [2.24, 2.45) is 0 Å². The van der Waals surface area contributed by atoms with Crippen molar-refractivity contribution in [2.75, 3.05) is 32.7 Å². The van der Waals surface area contributed by atoms with E-state index in [2.05, 4.69) is 5.32 Å². The lowest BCUT2D eigenvalue weighted by Gasteiger charge is -2.33. The number of piperazine rings is 1. The van der Waals surface area contributed by atoms with E-state index in [-0.39, 0.29) is 31.6 Å². The molecule has 0 saturated carbocycles. The zero-order valence-corrected chi connectivity index (χ0v) is 15.9. The topological polar surface area (TPSA) is 69.7 Å². The molecule has 1 heterocycles. The van der Waals surface area contributed by atoms with Crippen molar-refractivity contribution in [3.8, 4) is 0 Å². The van der Waals surface area contributed by atoms with Gasteiger partial charge >= 0.3 is 0 Å². The van der Waals surface area contributed by atoms with Gasteiger partial charge in [-0.25, -0.2) is 17.2 Å². The van der Waals surface area contributed by atoms with E-state index in [4.69, 9.17) is 0 Å².